The van der Waals surface area contributed by atoms with E-state index >= 15 is 0 Å². The molecule has 17 heavy (non-hydrogen) atoms. The third kappa shape index (κ3) is 7.95. The van der Waals surface area contributed by atoms with Crippen LogP contribution in [0.25, 0.3) is 0 Å². The van der Waals surface area contributed by atoms with Crippen molar-refractivity contribution in [3.63, 3.8) is 0 Å². The van der Waals surface area contributed by atoms with Crippen LogP contribution in [0.4, 0.5) is 4.79 Å². The topological polar surface area (TPSA) is 102 Å². The minimum Gasteiger partial charge on any atom is -0.481 e. The lowest BCUT2D eigenvalue weighted by Gasteiger charge is -2.24. The van der Waals surface area contributed by atoms with E-state index in [1.165, 1.54) is 0 Å². The van der Waals surface area contributed by atoms with Crippen molar-refractivity contribution in [2.24, 2.45) is 11.8 Å². The van der Waals surface area contributed by atoms with Crippen LogP contribution < -0.4 is 11.3 Å². The van der Waals surface area contributed by atoms with E-state index in [1.54, 1.807) is 6.92 Å². The Hall–Kier alpha value is -0.850. The number of hydrogen-bond donors (Lipinski definition) is 3. The number of carbonyl (C=O) groups is 2. The second-order valence-corrected chi connectivity index (χ2v) is 4.03. The number of carboxylic acids is 1. The molecule has 0 radical (unpaired) electrons. The summed E-state index contributed by atoms with van der Waals surface area (Å²) in [6.45, 7) is 2.04. The zero-order valence-corrected chi connectivity index (χ0v) is 10.6. The number of hydrogen-bond acceptors (Lipinski definition) is 5. The molecule has 6 nitrogen and oxygen atoms in total. The third-order valence-corrected chi connectivity index (χ3v) is 2.68. The average Bonchev–Trinajstić information content (AvgIpc) is 2.29. The Balaban J connectivity index is 0.000000366. The predicted molar refractivity (Wildman–Crippen MR) is 63.6 cm³/mol. The summed E-state index contributed by atoms with van der Waals surface area (Å²) in [7, 11) is 0. The molecule has 0 amide bonds. The lowest BCUT2D eigenvalue weighted by atomic mass is 9.86. The van der Waals surface area contributed by atoms with E-state index in [0.717, 1.165) is 25.7 Å². The standard InChI is InChI=1S/C7H14N2O2.C3H5ClO2/c8-9-6-3-1-5(2-4-6)7(10)11;1-2-6-3(4)5/h5-6,9H,1-4,8H2,(H,10,11);2H2,1H3/t5-,6-;. The first-order chi connectivity index (χ1) is 8.01. The van der Waals surface area contributed by atoms with Gasteiger partial charge in [-0.2, -0.15) is 0 Å². The molecule has 0 heterocycles. The molecule has 0 aliphatic heterocycles. The van der Waals surface area contributed by atoms with Crippen LogP contribution in [0.1, 0.15) is 32.6 Å². The minimum absolute atomic E-state index is 0.139. The first kappa shape index (κ1) is 16.1. The number of aliphatic carboxylic acids is 1. The zero-order chi connectivity index (χ0) is 13.3. The largest absolute Gasteiger partial charge is 0.481 e. The molecule has 0 saturated heterocycles. The van der Waals surface area contributed by atoms with Crippen molar-refractivity contribution in [3.05, 3.63) is 0 Å². The Morgan fingerprint density at radius 2 is 1.94 bits per heavy atom. The van der Waals surface area contributed by atoms with Gasteiger partial charge < -0.3 is 9.84 Å². The molecule has 4 N–H and O–H groups in total. The van der Waals surface area contributed by atoms with Crippen LogP contribution in [0.15, 0.2) is 0 Å². The Labute approximate surface area is 105 Å². The van der Waals surface area contributed by atoms with E-state index in [-0.39, 0.29) is 5.92 Å². The second kappa shape index (κ2) is 9.21. The van der Waals surface area contributed by atoms with Gasteiger partial charge in [0.05, 0.1) is 12.5 Å². The Morgan fingerprint density at radius 1 is 1.41 bits per heavy atom. The summed E-state index contributed by atoms with van der Waals surface area (Å²) in [4.78, 5) is 20.1. The molecule has 100 valence electrons. The quantitative estimate of drug-likeness (QED) is 0.406. The maximum absolute atomic E-state index is 10.5. The molecule has 1 fully saturated rings. The molecule has 0 aromatic heterocycles. The van der Waals surface area contributed by atoms with E-state index in [0.29, 0.717) is 12.6 Å². The van der Waals surface area contributed by atoms with Crippen LogP contribution >= 0.6 is 11.6 Å². The Kier molecular flexibility index (Phi) is 8.75. The number of carboxylic acid groups (broad SMARTS) is 1. The smallest absolute Gasteiger partial charge is 0.403 e. The molecule has 1 aliphatic rings. The van der Waals surface area contributed by atoms with Gasteiger partial charge in [0, 0.05) is 17.6 Å². The summed E-state index contributed by atoms with van der Waals surface area (Å²) in [5.74, 6) is 4.42. The molecule has 1 aliphatic carbocycles. The van der Waals surface area contributed by atoms with Gasteiger partial charge in [0.2, 0.25) is 0 Å². The molecule has 7 heteroatoms. The average molecular weight is 267 g/mol. The summed E-state index contributed by atoms with van der Waals surface area (Å²) in [5, 5.41) is 8.65. The van der Waals surface area contributed by atoms with Gasteiger partial charge in [0.1, 0.15) is 0 Å². The molecule has 0 unspecified atom stereocenters. The van der Waals surface area contributed by atoms with Crippen molar-refractivity contribution >= 4 is 23.0 Å². The SMILES string of the molecule is CCOC(=O)Cl.NN[C@H]1CC[C@H](C(=O)O)CC1. The molecule has 0 bridgehead atoms. The van der Waals surface area contributed by atoms with E-state index in [2.05, 4.69) is 10.2 Å². The summed E-state index contributed by atoms with van der Waals surface area (Å²) >= 11 is 4.72. The van der Waals surface area contributed by atoms with Crippen LogP contribution in [0.5, 0.6) is 0 Å². The summed E-state index contributed by atoms with van der Waals surface area (Å²) in [6, 6.07) is 0.325. The highest BCUT2D eigenvalue weighted by Gasteiger charge is 2.24. The Morgan fingerprint density at radius 3 is 2.18 bits per heavy atom. The van der Waals surface area contributed by atoms with Gasteiger partial charge in [0.15, 0.2) is 0 Å². The number of nitrogens with two attached hydrogens (primary N) is 1. The maximum Gasteiger partial charge on any atom is 0.403 e. The molecular formula is C10H19ClN2O4. The van der Waals surface area contributed by atoms with Gasteiger partial charge in [-0.1, -0.05) is 0 Å². The van der Waals surface area contributed by atoms with Crippen LogP contribution in [-0.4, -0.2) is 29.2 Å². The number of carbonyl (C=O) groups excluding carboxylic acids is 1. The molecule has 0 atom stereocenters. The van der Waals surface area contributed by atoms with Crippen molar-refractivity contribution in [2.45, 2.75) is 38.6 Å². The highest BCUT2D eigenvalue weighted by Crippen LogP contribution is 2.23. The van der Waals surface area contributed by atoms with Gasteiger partial charge >= 0.3 is 11.4 Å². The number of rotatable bonds is 3. The number of nitrogens with one attached hydrogen (secondary N) is 1. The number of halogens is 1. The zero-order valence-electron chi connectivity index (χ0n) is 9.82. The van der Waals surface area contributed by atoms with Crippen LogP contribution in [0.3, 0.4) is 0 Å². The Bertz CT molecular complexity index is 242. The molecule has 0 aromatic rings. The minimum atomic E-state index is -0.738. The lowest BCUT2D eigenvalue weighted by Crippen LogP contribution is -2.38. The number of ether oxygens (including phenoxy) is 1. The molecular weight excluding hydrogens is 248 g/mol. The summed E-state index contributed by atoms with van der Waals surface area (Å²) in [5.41, 5.74) is 1.93. The number of hydrazine groups is 1. The van der Waals surface area contributed by atoms with Gasteiger partial charge in [0.25, 0.3) is 0 Å². The van der Waals surface area contributed by atoms with Crippen molar-refractivity contribution in [1.82, 2.24) is 5.43 Å². The van der Waals surface area contributed by atoms with E-state index in [9.17, 15) is 9.59 Å². The normalized spacial score (nSPS) is 23.2. The predicted octanol–water partition coefficient (Wildman–Crippen LogP) is 1.47. The fourth-order valence-corrected chi connectivity index (χ4v) is 1.73. The summed E-state index contributed by atoms with van der Waals surface area (Å²) in [6.07, 6.45) is 3.27. The van der Waals surface area contributed by atoms with Crippen LogP contribution in [-0.2, 0) is 9.53 Å². The van der Waals surface area contributed by atoms with Crippen molar-refractivity contribution in [3.8, 4) is 0 Å². The fourth-order valence-electron chi connectivity index (χ4n) is 1.62. The van der Waals surface area contributed by atoms with Crippen LogP contribution in [0, 0.1) is 5.92 Å². The fraction of sp³-hybridized carbons (Fsp3) is 0.800. The van der Waals surface area contributed by atoms with Crippen molar-refractivity contribution < 1.29 is 19.4 Å². The molecule has 1 saturated carbocycles. The van der Waals surface area contributed by atoms with Crippen LogP contribution in [0.2, 0.25) is 0 Å². The third-order valence-electron chi connectivity index (χ3n) is 2.57. The second-order valence-electron chi connectivity index (χ2n) is 3.72. The highest BCUT2D eigenvalue weighted by atomic mass is 35.5. The first-order valence-electron chi connectivity index (χ1n) is 5.52. The lowest BCUT2D eigenvalue weighted by molar-refractivity contribution is -0.142. The summed E-state index contributed by atoms with van der Waals surface area (Å²) < 4.78 is 4.17. The monoisotopic (exact) mass is 266 g/mol. The van der Waals surface area contributed by atoms with E-state index in [4.69, 9.17) is 22.6 Å². The van der Waals surface area contributed by atoms with Crippen molar-refractivity contribution in [2.75, 3.05) is 6.61 Å². The van der Waals surface area contributed by atoms with Gasteiger partial charge in [-0.15, -0.1) is 0 Å². The molecule has 0 aromatic carbocycles. The van der Waals surface area contributed by atoms with E-state index in [1.807, 2.05) is 0 Å². The maximum atomic E-state index is 10.5. The molecule has 0 spiro atoms. The van der Waals surface area contributed by atoms with Crippen molar-refractivity contribution in [1.29, 1.82) is 0 Å². The molecule has 1 rings (SSSR count). The highest BCUT2D eigenvalue weighted by molar-refractivity contribution is 6.61. The van der Waals surface area contributed by atoms with E-state index < -0.39 is 11.4 Å². The van der Waals surface area contributed by atoms with Gasteiger partial charge in [-0.05, 0) is 32.6 Å². The van der Waals surface area contributed by atoms with Gasteiger partial charge in [-0.3, -0.25) is 16.1 Å². The van der Waals surface area contributed by atoms with Gasteiger partial charge in [-0.25, -0.2) is 4.79 Å². The first-order valence-corrected chi connectivity index (χ1v) is 5.90.